The number of hydrogen-bond acceptors (Lipinski definition) is 1. The summed E-state index contributed by atoms with van der Waals surface area (Å²) in [5.41, 5.74) is 1.27. The number of aromatic nitrogens is 1. The quantitative estimate of drug-likeness (QED) is 0.549. The summed E-state index contributed by atoms with van der Waals surface area (Å²) in [6.07, 6.45) is 2.31. The van der Waals surface area contributed by atoms with Gasteiger partial charge in [0.15, 0.2) is 5.88 Å². The van der Waals surface area contributed by atoms with Crippen LogP contribution in [0.4, 0.5) is 0 Å². The number of nitrogens with zero attached hydrogens (tertiary/aromatic N) is 1. The molecule has 1 aromatic rings. The maximum absolute atomic E-state index is 9.13. The molecule has 0 radical (unpaired) electrons. The van der Waals surface area contributed by atoms with Crippen molar-refractivity contribution in [1.82, 2.24) is 4.57 Å². The summed E-state index contributed by atoms with van der Waals surface area (Å²) >= 11 is 0. The second kappa shape index (κ2) is 1.53. The molecule has 9 heavy (non-hydrogen) atoms. The predicted molar refractivity (Wildman–Crippen MR) is 34.4 cm³/mol. The van der Waals surface area contributed by atoms with Crippen LogP contribution in [0.15, 0.2) is 12.1 Å². The largest absolute Gasteiger partial charge is 0.494 e. The van der Waals surface area contributed by atoms with E-state index in [4.69, 9.17) is 5.11 Å². The minimum Gasteiger partial charge on any atom is -0.494 e. The summed E-state index contributed by atoms with van der Waals surface area (Å²) < 4.78 is 1.96. The van der Waals surface area contributed by atoms with Crippen molar-refractivity contribution < 1.29 is 5.11 Å². The SMILES string of the molecule is Oc1ccc2n1CCC2. The molecule has 0 amide bonds. The molecule has 2 rings (SSSR count). The fourth-order valence-corrected chi connectivity index (χ4v) is 1.39. The number of hydrogen-bond donors (Lipinski definition) is 1. The van der Waals surface area contributed by atoms with E-state index in [0.717, 1.165) is 13.0 Å². The molecule has 0 spiro atoms. The molecule has 1 aliphatic rings. The second-order valence-electron chi connectivity index (χ2n) is 2.44. The van der Waals surface area contributed by atoms with Gasteiger partial charge in [-0.25, -0.2) is 0 Å². The van der Waals surface area contributed by atoms with Gasteiger partial charge in [0.1, 0.15) is 0 Å². The molecule has 0 aromatic carbocycles. The van der Waals surface area contributed by atoms with E-state index in [-0.39, 0.29) is 0 Å². The molecule has 2 heteroatoms. The van der Waals surface area contributed by atoms with Gasteiger partial charge in [0, 0.05) is 12.2 Å². The zero-order valence-electron chi connectivity index (χ0n) is 5.17. The summed E-state index contributed by atoms with van der Waals surface area (Å²) in [4.78, 5) is 0. The topological polar surface area (TPSA) is 25.2 Å². The van der Waals surface area contributed by atoms with Gasteiger partial charge in [0.2, 0.25) is 0 Å². The van der Waals surface area contributed by atoms with Gasteiger partial charge in [-0.1, -0.05) is 0 Å². The molecule has 0 fully saturated rings. The Morgan fingerprint density at radius 1 is 1.44 bits per heavy atom. The van der Waals surface area contributed by atoms with Crippen molar-refractivity contribution in [2.75, 3.05) is 0 Å². The molecule has 0 bridgehead atoms. The summed E-state index contributed by atoms with van der Waals surface area (Å²) in [5, 5.41) is 9.13. The maximum Gasteiger partial charge on any atom is 0.191 e. The predicted octanol–water partition coefficient (Wildman–Crippen LogP) is 1.14. The van der Waals surface area contributed by atoms with E-state index in [9.17, 15) is 0 Å². The molecular formula is C7H9NO. The third-order valence-corrected chi connectivity index (χ3v) is 1.86. The second-order valence-corrected chi connectivity index (χ2v) is 2.44. The third kappa shape index (κ3) is 0.559. The highest BCUT2D eigenvalue weighted by atomic mass is 16.3. The molecule has 0 saturated carbocycles. The first kappa shape index (κ1) is 4.91. The highest BCUT2D eigenvalue weighted by molar-refractivity contribution is 5.22. The molecule has 0 atom stereocenters. The molecule has 2 heterocycles. The average molecular weight is 123 g/mol. The van der Waals surface area contributed by atoms with Crippen molar-refractivity contribution in [3.8, 4) is 5.88 Å². The first-order valence-electron chi connectivity index (χ1n) is 3.25. The molecule has 1 N–H and O–H groups in total. The molecule has 48 valence electrons. The highest BCUT2D eigenvalue weighted by Gasteiger charge is 2.11. The maximum atomic E-state index is 9.13. The van der Waals surface area contributed by atoms with Crippen LogP contribution in [-0.2, 0) is 13.0 Å². The van der Waals surface area contributed by atoms with Crippen molar-refractivity contribution in [2.45, 2.75) is 19.4 Å². The van der Waals surface area contributed by atoms with Crippen LogP contribution in [0.25, 0.3) is 0 Å². The molecule has 2 nitrogen and oxygen atoms in total. The van der Waals surface area contributed by atoms with Crippen LogP contribution in [0.5, 0.6) is 5.88 Å². The fourth-order valence-electron chi connectivity index (χ4n) is 1.39. The van der Waals surface area contributed by atoms with Gasteiger partial charge in [-0.3, -0.25) is 0 Å². The lowest BCUT2D eigenvalue weighted by Gasteiger charge is -1.95. The molecule has 0 unspecified atom stereocenters. The van der Waals surface area contributed by atoms with Crippen molar-refractivity contribution in [2.24, 2.45) is 0 Å². The first-order valence-corrected chi connectivity index (χ1v) is 3.25. The molecule has 1 aromatic heterocycles. The highest BCUT2D eigenvalue weighted by Crippen LogP contribution is 2.22. The van der Waals surface area contributed by atoms with Crippen LogP contribution < -0.4 is 0 Å². The zero-order chi connectivity index (χ0) is 6.27. The zero-order valence-corrected chi connectivity index (χ0v) is 5.17. The van der Waals surface area contributed by atoms with Crippen LogP contribution in [-0.4, -0.2) is 9.67 Å². The van der Waals surface area contributed by atoms with E-state index in [1.54, 1.807) is 6.07 Å². The van der Waals surface area contributed by atoms with Crippen molar-refractivity contribution in [3.63, 3.8) is 0 Å². The standard InChI is InChI=1S/C7H9NO/c9-7-4-3-6-2-1-5-8(6)7/h3-4,9H,1-2,5H2. The van der Waals surface area contributed by atoms with Gasteiger partial charge in [0.25, 0.3) is 0 Å². The minimum atomic E-state index is 0.419. The Labute approximate surface area is 53.7 Å². The van der Waals surface area contributed by atoms with Gasteiger partial charge < -0.3 is 9.67 Å². The number of rotatable bonds is 0. The van der Waals surface area contributed by atoms with Crippen LogP contribution in [0, 0.1) is 0 Å². The Kier molecular flexibility index (Phi) is 0.835. The van der Waals surface area contributed by atoms with E-state index in [0.29, 0.717) is 5.88 Å². The fraction of sp³-hybridized carbons (Fsp3) is 0.429. The number of aryl methyl sites for hydroxylation is 1. The Balaban J connectivity index is 2.56. The van der Waals surface area contributed by atoms with E-state index in [2.05, 4.69) is 0 Å². The summed E-state index contributed by atoms with van der Waals surface area (Å²) in [7, 11) is 0. The normalized spacial score (nSPS) is 16.0. The van der Waals surface area contributed by atoms with E-state index in [1.165, 1.54) is 12.1 Å². The molecule has 1 aliphatic heterocycles. The molecule has 0 aliphatic carbocycles. The lowest BCUT2D eigenvalue weighted by Crippen LogP contribution is -1.88. The summed E-state index contributed by atoms with van der Waals surface area (Å²) in [5.74, 6) is 0.419. The van der Waals surface area contributed by atoms with E-state index >= 15 is 0 Å². The molecular weight excluding hydrogens is 114 g/mol. The number of fused-ring (bicyclic) bond motifs is 1. The van der Waals surface area contributed by atoms with Gasteiger partial charge >= 0.3 is 0 Å². The Morgan fingerprint density at radius 2 is 2.33 bits per heavy atom. The van der Waals surface area contributed by atoms with Crippen LogP contribution >= 0.6 is 0 Å². The summed E-state index contributed by atoms with van der Waals surface area (Å²) in [6.45, 7) is 0.994. The first-order chi connectivity index (χ1) is 4.38. The van der Waals surface area contributed by atoms with Gasteiger partial charge in [-0.05, 0) is 25.0 Å². The molecule has 0 saturated heterocycles. The monoisotopic (exact) mass is 123 g/mol. The lowest BCUT2D eigenvalue weighted by atomic mass is 10.3. The van der Waals surface area contributed by atoms with E-state index in [1.807, 2.05) is 10.6 Å². The van der Waals surface area contributed by atoms with Crippen LogP contribution in [0.1, 0.15) is 12.1 Å². The van der Waals surface area contributed by atoms with Crippen LogP contribution in [0.3, 0.4) is 0 Å². The third-order valence-electron chi connectivity index (χ3n) is 1.86. The Bertz CT molecular complexity index is 227. The van der Waals surface area contributed by atoms with Gasteiger partial charge in [-0.15, -0.1) is 0 Å². The lowest BCUT2D eigenvalue weighted by molar-refractivity contribution is 0.422. The van der Waals surface area contributed by atoms with E-state index < -0.39 is 0 Å². The van der Waals surface area contributed by atoms with Crippen molar-refractivity contribution in [1.29, 1.82) is 0 Å². The van der Waals surface area contributed by atoms with Crippen LogP contribution in [0.2, 0.25) is 0 Å². The Morgan fingerprint density at radius 3 is 3.11 bits per heavy atom. The smallest absolute Gasteiger partial charge is 0.191 e. The van der Waals surface area contributed by atoms with Crippen molar-refractivity contribution in [3.05, 3.63) is 17.8 Å². The van der Waals surface area contributed by atoms with Crippen molar-refractivity contribution >= 4 is 0 Å². The van der Waals surface area contributed by atoms with Gasteiger partial charge in [0.05, 0.1) is 0 Å². The summed E-state index contributed by atoms with van der Waals surface area (Å²) in [6, 6.07) is 3.75. The average Bonchev–Trinajstić information content (AvgIpc) is 2.35. The van der Waals surface area contributed by atoms with Gasteiger partial charge in [-0.2, -0.15) is 0 Å². The minimum absolute atomic E-state index is 0.419. The Hall–Kier alpha value is -0.920. The number of aromatic hydroxyl groups is 1.